The van der Waals surface area contributed by atoms with E-state index in [-0.39, 0.29) is 0 Å². The number of rotatable bonds is 5. The SMILES string of the molecule is CCNC(Cc1ccc(C)c(C)c1)c1cccc(C)c1Br. The molecule has 1 atom stereocenters. The Morgan fingerprint density at radius 2 is 1.76 bits per heavy atom. The van der Waals surface area contributed by atoms with Crippen LogP contribution >= 0.6 is 15.9 Å². The topological polar surface area (TPSA) is 12.0 Å². The van der Waals surface area contributed by atoms with Gasteiger partial charge in [-0.3, -0.25) is 0 Å². The van der Waals surface area contributed by atoms with Crippen LogP contribution in [0.15, 0.2) is 40.9 Å². The lowest BCUT2D eigenvalue weighted by molar-refractivity contribution is 0.547. The van der Waals surface area contributed by atoms with Gasteiger partial charge in [0.05, 0.1) is 0 Å². The van der Waals surface area contributed by atoms with E-state index in [0.29, 0.717) is 6.04 Å². The van der Waals surface area contributed by atoms with E-state index in [1.807, 2.05) is 0 Å². The Bertz CT molecular complexity index is 619. The third kappa shape index (κ3) is 3.96. The summed E-state index contributed by atoms with van der Waals surface area (Å²) in [6.45, 7) is 9.63. The van der Waals surface area contributed by atoms with Crippen LogP contribution in [-0.2, 0) is 6.42 Å². The second kappa shape index (κ2) is 7.24. The van der Waals surface area contributed by atoms with Crippen molar-refractivity contribution in [1.82, 2.24) is 5.32 Å². The lowest BCUT2D eigenvalue weighted by atomic mass is 9.95. The predicted molar refractivity (Wildman–Crippen MR) is 94.9 cm³/mol. The highest BCUT2D eigenvalue weighted by molar-refractivity contribution is 9.10. The highest BCUT2D eigenvalue weighted by Crippen LogP contribution is 2.29. The third-order valence-electron chi connectivity index (χ3n) is 4.06. The molecule has 1 unspecified atom stereocenters. The van der Waals surface area contributed by atoms with Gasteiger partial charge >= 0.3 is 0 Å². The van der Waals surface area contributed by atoms with Gasteiger partial charge in [0.2, 0.25) is 0 Å². The van der Waals surface area contributed by atoms with Crippen LogP contribution < -0.4 is 5.32 Å². The van der Waals surface area contributed by atoms with Gasteiger partial charge in [0.1, 0.15) is 0 Å². The Morgan fingerprint density at radius 1 is 1.00 bits per heavy atom. The van der Waals surface area contributed by atoms with Gasteiger partial charge in [0.25, 0.3) is 0 Å². The van der Waals surface area contributed by atoms with Crippen molar-refractivity contribution < 1.29 is 0 Å². The zero-order valence-electron chi connectivity index (χ0n) is 13.3. The minimum atomic E-state index is 0.339. The number of likely N-dealkylation sites (N-methyl/N-ethyl adjacent to an activating group) is 1. The van der Waals surface area contributed by atoms with Gasteiger partial charge < -0.3 is 5.32 Å². The van der Waals surface area contributed by atoms with Crippen LogP contribution in [0.3, 0.4) is 0 Å². The zero-order chi connectivity index (χ0) is 15.4. The predicted octanol–water partition coefficient (Wildman–Crippen LogP) is 5.27. The van der Waals surface area contributed by atoms with E-state index >= 15 is 0 Å². The first-order valence-corrected chi connectivity index (χ1v) is 8.36. The lowest BCUT2D eigenvalue weighted by Gasteiger charge is -2.21. The molecule has 0 saturated heterocycles. The van der Waals surface area contributed by atoms with Gasteiger partial charge in [-0.15, -0.1) is 0 Å². The first-order valence-electron chi connectivity index (χ1n) is 7.57. The minimum absolute atomic E-state index is 0.339. The fraction of sp³-hybridized carbons (Fsp3) is 0.368. The van der Waals surface area contributed by atoms with Crippen LogP contribution in [0.25, 0.3) is 0 Å². The van der Waals surface area contributed by atoms with Crippen molar-refractivity contribution in [3.63, 3.8) is 0 Å². The number of hydrogen-bond acceptors (Lipinski definition) is 1. The Morgan fingerprint density at radius 3 is 2.43 bits per heavy atom. The van der Waals surface area contributed by atoms with Gasteiger partial charge in [0, 0.05) is 10.5 Å². The Kier molecular flexibility index (Phi) is 5.60. The van der Waals surface area contributed by atoms with E-state index < -0.39 is 0 Å². The van der Waals surface area contributed by atoms with E-state index in [1.165, 1.54) is 32.3 Å². The van der Waals surface area contributed by atoms with Gasteiger partial charge in [-0.1, -0.05) is 59.3 Å². The summed E-state index contributed by atoms with van der Waals surface area (Å²) in [5, 5.41) is 3.62. The molecule has 1 nitrogen and oxygen atoms in total. The van der Waals surface area contributed by atoms with Crippen molar-refractivity contribution in [1.29, 1.82) is 0 Å². The molecule has 0 radical (unpaired) electrons. The maximum absolute atomic E-state index is 3.75. The van der Waals surface area contributed by atoms with E-state index in [2.05, 4.69) is 85.3 Å². The van der Waals surface area contributed by atoms with Crippen molar-refractivity contribution in [3.8, 4) is 0 Å². The minimum Gasteiger partial charge on any atom is -0.310 e. The van der Waals surface area contributed by atoms with Crippen molar-refractivity contribution in [2.24, 2.45) is 0 Å². The van der Waals surface area contributed by atoms with Crippen LogP contribution in [0.2, 0.25) is 0 Å². The number of benzene rings is 2. The summed E-state index contributed by atoms with van der Waals surface area (Å²) in [5.41, 5.74) is 6.74. The molecule has 0 amide bonds. The molecule has 0 bridgehead atoms. The summed E-state index contributed by atoms with van der Waals surface area (Å²) in [6.07, 6.45) is 1.01. The maximum Gasteiger partial charge on any atom is 0.0372 e. The first kappa shape index (κ1) is 16.3. The number of halogens is 1. The monoisotopic (exact) mass is 345 g/mol. The highest BCUT2D eigenvalue weighted by Gasteiger charge is 2.15. The van der Waals surface area contributed by atoms with Gasteiger partial charge in [-0.25, -0.2) is 0 Å². The molecule has 21 heavy (non-hydrogen) atoms. The molecule has 2 heteroatoms. The summed E-state index contributed by atoms with van der Waals surface area (Å²) in [5.74, 6) is 0. The normalized spacial score (nSPS) is 12.4. The quantitative estimate of drug-likeness (QED) is 0.778. The number of aryl methyl sites for hydroxylation is 3. The number of hydrogen-bond donors (Lipinski definition) is 1. The molecule has 0 fully saturated rings. The molecular weight excluding hydrogens is 322 g/mol. The van der Waals surface area contributed by atoms with Crippen LogP contribution in [0, 0.1) is 20.8 Å². The fourth-order valence-electron chi connectivity index (χ4n) is 2.64. The second-order valence-electron chi connectivity index (χ2n) is 5.71. The van der Waals surface area contributed by atoms with Gasteiger partial charge in [0.15, 0.2) is 0 Å². The molecule has 2 aromatic rings. The largest absolute Gasteiger partial charge is 0.310 e. The van der Waals surface area contributed by atoms with Crippen LogP contribution in [0.5, 0.6) is 0 Å². The number of nitrogens with one attached hydrogen (secondary N) is 1. The summed E-state index contributed by atoms with van der Waals surface area (Å²) < 4.78 is 1.22. The third-order valence-corrected chi connectivity index (χ3v) is 5.14. The van der Waals surface area contributed by atoms with E-state index in [0.717, 1.165) is 13.0 Å². The first-order chi connectivity index (χ1) is 10.0. The van der Waals surface area contributed by atoms with E-state index in [9.17, 15) is 0 Å². The van der Waals surface area contributed by atoms with Crippen LogP contribution in [-0.4, -0.2) is 6.54 Å². The van der Waals surface area contributed by atoms with Gasteiger partial charge in [-0.2, -0.15) is 0 Å². The van der Waals surface area contributed by atoms with Crippen LogP contribution in [0.1, 0.15) is 40.8 Å². The smallest absolute Gasteiger partial charge is 0.0372 e. The van der Waals surface area contributed by atoms with Crippen LogP contribution in [0.4, 0.5) is 0 Å². The van der Waals surface area contributed by atoms with E-state index in [1.54, 1.807) is 0 Å². The molecule has 0 aromatic heterocycles. The molecule has 0 saturated carbocycles. The zero-order valence-corrected chi connectivity index (χ0v) is 14.9. The summed E-state index contributed by atoms with van der Waals surface area (Å²) >= 11 is 3.75. The summed E-state index contributed by atoms with van der Waals surface area (Å²) in [4.78, 5) is 0. The average Bonchev–Trinajstić information content (AvgIpc) is 2.45. The molecule has 112 valence electrons. The van der Waals surface area contributed by atoms with Gasteiger partial charge in [-0.05, 0) is 61.6 Å². The summed E-state index contributed by atoms with van der Waals surface area (Å²) in [6, 6.07) is 13.6. The Labute approximate surface area is 136 Å². The molecule has 0 aliphatic carbocycles. The van der Waals surface area contributed by atoms with Crippen molar-refractivity contribution >= 4 is 15.9 Å². The molecular formula is C19H24BrN. The molecule has 0 heterocycles. The fourth-order valence-corrected chi connectivity index (χ4v) is 3.18. The molecule has 0 aliphatic heterocycles. The standard InChI is InChI=1S/C19H24BrN/c1-5-21-18(17-8-6-7-14(3)19(17)20)12-16-10-9-13(2)15(4)11-16/h6-11,18,21H,5,12H2,1-4H3. The average molecular weight is 346 g/mol. The van der Waals surface area contributed by atoms with E-state index in [4.69, 9.17) is 0 Å². The second-order valence-corrected chi connectivity index (χ2v) is 6.50. The van der Waals surface area contributed by atoms with Crippen molar-refractivity contribution in [3.05, 3.63) is 68.7 Å². The lowest BCUT2D eigenvalue weighted by Crippen LogP contribution is -2.23. The molecule has 0 aliphatic rings. The molecule has 2 rings (SSSR count). The summed E-state index contributed by atoms with van der Waals surface area (Å²) in [7, 11) is 0. The Balaban J connectivity index is 2.30. The van der Waals surface area contributed by atoms with Crippen molar-refractivity contribution in [2.45, 2.75) is 40.2 Å². The molecule has 2 aromatic carbocycles. The van der Waals surface area contributed by atoms with Crippen molar-refractivity contribution in [2.75, 3.05) is 6.54 Å². The molecule has 1 N–H and O–H groups in total. The highest BCUT2D eigenvalue weighted by atomic mass is 79.9. The maximum atomic E-state index is 3.75. The molecule has 0 spiro atoms. The Hall–Kier alpha value is -1.12.